The monoisotopic (exact) mass is 301 g/mol. The lowest BCUT2D eigenvalue weighted by Gasteiger charge is -2.15. The molecule has 0 aliphatic carbocycles. The summed E-state index contributed by atoms with van der Waals surface area (Å²) in [5.41, 5.74) is 13.0. The number of rotatable bonds is 4. The Labute approximate surface area is 127 Å². The van der Waals surface area contributed by atoms with Crippen molar-refractivity contribution in [3.8, 4) is 11.5 Å². The molecule has 3 heterocycles. The molecule has 0 spiro atoms. The first-order valence-electron chi connectivity index (χ1n) is 7.17. The lowest BCUT2D eigenvalue weighted by molar-refractivity contribution is 0.405. The number of nitrogens with two attached hydrogens (primary N) is 2. The van der Waals surface area contributed by atoms with E-state index in [0.717, 1.165) is 6.42 Å². The highest BCUT2D eigenvalue weighted by Crippen LogP contribution is 2.33. The standard InChI is InChI=1S/C14H19N7O/c1-7(2)4-8(3)21-13-10(12(15)18-14(16)19-13)11(20-21)9-5-17-6-22-9/h5-8H,4H2,1-3H3,(H4,15,16,18,19). The van der Waals surface area contributed by atoms with E-state index in [2.05, 4.69) is 40.8 Å². The van der Waals surface area contributed by atoms with Crippen LogP contribution in [0.15, 0.2) is 17.0 Å². The van der Waals surface area contributed by atoms with Gasteiger partial charge in [-0.05, 0) is 19.3 Å². The van der Waals surface area contributed by atoms with Gasteiger partial charge in [-0.3, -0.25) is 0 Å². The summed E-state index contributed by atoms with van der Waals surface area (Å²) in [7, 11) is 0. The molecule has 0 aromatic carbocycles. The van der Waals surface area contributed by atoms with Gasteiger partial charge in [0, 0.05) is 0 Å². The second-order valence-corrected chi connectivity index (χ2v) is 5.80. The van der Waals surface area contributed by atoms with Crippen LogP contribution in [-0.2, 0) is 0 Å². The number of hydrogen-bond donors (Lipinski definition) is 2. The fourth-order valence-corrected chi connectivity index (χ4v) is 2.68. The van der Waals surface area contributed by atoms with Crippen molar-refractivity contribution < 1.29 is 4.42 Å². The second-order valence-electron chi connectivity index (χ2n) is 5.80. The number of hydrogen-bond acceptors (Lipinski definition) is 7. The van der Waals surface area contributed by atoms with Gasteiger partial charge in [-0.1, -0.05) is 13.8 Å². The maximum atomic E-state index is 6.03. The Morgan fingerprint density at radius 3 is 2.64 bits per heavy atom. The SMILES string of the molecule is CC(C)CC(C)n1nc(-c2cnco2)c2c(N)nc(N)nc21. The van der Waals surface area contributed by atoms with Gasteiger partial charge in [0.25, 0.3) is 0 Å². The molecule has 3 aromatic rings. The highest BCUT2D eigenvalue weighted by atomic mass is 16.3. The first kappa shape index (κ1) is 14.3. The quantitative estimate of drug-likeness (QED) is 0.757. The molecule has 116 valence electrons. The Bertz CT molecular complexity index is 791. The molecule has 0 saturated carbocycles. The molecule has 0 aliphatic rings. The van der Waals surface area contributed by atoms with Crippen molar-refractivity contribution >= 4 is 22.8 Å². The van der Waals surface area contributed by atoms with Gasteiger partial charge in [0.15, 0.2) is 17.8 Å². The van der Waals surface area contributed by atoms with Crippen LogP contribution in [0.3, 0.4) is 0 Å². The van der Waals surface area contributed by atoms with E-state index in [1.54, 1.807) is 6.20 Å². The molecule has 0 fully saturated rings. The van der Waals surface area contributed by atoms with Gasteiger partial charge in [0.1, 0.15) is 11.5 Å². The first-order valence-corrected chi connectivity index (χ1v) is 7.17. The number of aromatic nitrogens is 5. The third-order valence-corrected chi connectivity index (χ3v) is 3.49. The predicted octanol–water partition coefficient (Wildman–Crippen LogP) is 2.25. The molecule has 3 rings (SSSR count). The normalized spacial score (nSPS) is 13.1. The number of nitrogens with zero attached hydrogens (tertiary/aromatic N) is 5. The number of anilines is 2. The molecule has 0 bridgehead atoms. The van der Waals surface area contributed by atoms with Crippen LogP contribution in [0.25, 0.3) is 22.5 Å². The first-order chi connectivity index (χ1) is 10.5. The van der Waals surface area contributed by atoms with Gasteiger partial charge in [-0.2, -0.15) is 15.1 Å². The van der Waals surface area contributed by atoms with Gasteiger partial charge >= 0.3 is 0 Å². The molecule has 0 amide bonds. The minimum Gasteiger partial charge on any atom is -0.442 e. The van der Waals surface area contributed by atoms with Crippen molar-refractivity contribution in [2.45, 2.75) is 33.2 Å². The summed E-state index contributed by atoms with van der Waals surface area (Å²) < 4.78 is 7.19. The molecule has 22 heavy (non-hydrogen) atoms. The van der Waals surface area contributed by atoms with Crippen molar-refractivity contribution in [2.24, 2.45) is 5.92 Å². The summed E-state index contributed by atoms with van der Waals surface area (Å²) in [5.74, 6) is 1.48. The van der Waals surface area contributed by atoms with Crippen molar-refractivity contribution in [1.82, 2.24) is 24.7 Å². The second kappa shape index (κ2) is 5.28. The van der Waals surface area contributed by atoms with Crippen LogP contribution in [0.4, 0.5) is 11.8 Å². The van der Waals surface area contributed by atoms with E-state index in [1.165, 1.54) is 6.39 Å². The molecule has 0 saturated heterocycles. The molecule has 0 aliphatic heterocycles. The fraction of sp³-hybridized carbons (Fsp3) is 0.429. The summed E-state index contributed by atoms with van der Waals surface area (Å²) in [4.78, 5) is 12.3. The van der Waals surface area contributed by atoms with Crippen LogP contribution in [0.2, 0.25) is 0 Å². The van der Waals surface area contributed by atoms with Gasteiger partial charge in [0.05, 0.1) is 17.6 Å². The number of nitrogen functional groups attached to an aromatic ring is 2. The zero-order valence-corrected chi connectivity index (χ0v) is 12.8. The molecule has 3 aromatic heterocycles. The van der Waals surface area contributed by atoms with E-state index < -0.39 is 0 Å². The minimum absolute atomic E-state index is 0.131. The summed E-state index contributed by atoms with van der Waals surface area (Å²) in [6, 6.07) is 0.146. The Kier molecular flexibility index (Phi) is 3.44. The Morgan fingerprint density at radius 1 is 1.23 bits per heavy atom. The average molecular weight is 301 g/mol. The molecular weight excluding hydrogens is 282 g/mol. The minimum atomic E-state index is 0.131. The van der Waals surface area contributed by atoms with Crippen molar-refractivity contribution in [3.63, 3.8) is 0 Å². The summed E-state index contributed by atoms with van der Waals surface area (Å²) in [6.45, 7) is 6.42. The Morgan fingerprint density at radius 2 is 2.00 bits per heavy atom. The predicted molar refractivity (Wildman–Crippen MR) is 83.8 cm³/mol. The molecule has 1 atom stereocenters. The van der Waals surface area contributed by atoms with E-state index in [4.69, 9.17) is 15.9 Å². The zero-order valence-electron chi connectivity index (χ0n) is 12.8. The van der Waals surface area contributed by atoms with E-state index in [0.29, 0.717) is 28.4 Å². The fourth-order valence-electron chi connectivity index (χ4n) is 2.68. The topological polar surface area (TPSA) is 122 Å². The highest BCUT2D eigenvalue weighted by molar-refractivity contribution is 5.97. The van der Waals surface area contributed by atoms with E-state index >= 15 is 0 Å². The van der Waals surface area contributed by atoms with E-state index in [9.17, 15) is 0 Å². The summed E-state index contributed by atoms with van der Waals surface area (Å²) in [5, 5.41) is 5.27. The lowest BCUT2D eigenvalue weighted by atomic mass is 10.1. The average Bonchev–Trinajstić information content (AvgIpc) is 3.03. The Balaban J connectivity index is 2.25. The van der Waals surface area contributed by atoms with Gasteiger partial charge in [-0.25, -0.2) is 9.67 Å². The molecule has 1 unspecified atom stereocenters. The molecule has 8 heteroatoms. The third kappa shape index (κ3) is 2.36. The maximum absolute atomic E-state index is 6.03. The lowest BCUT2D eigenvalue weighted by Crippen LogP contribution is -2.11. The number of fused-ring (bicyclic) bond motifs is 1. The van der Waals surface area contributed by atoms with Crippen molar-refractivity contribution in [1.29, 1.82) is 0 Å². The van der Waals surface area contributed by atoms with Gasteiger partial charge in [0.2, 0.25) is 5.95 Å². The van der Waals surface area contributed by atoms with Crippen molar-refractivity contribution in [3.05, 3.63) is 12.6 Å². The smallest absolute Gasteiger partial charge is 0.224 e. The molecule has 4 N–H and O–H groups in total. The summed E-state index contributed by atoms with van der Waals surface area (Å²) >= 11 is 0. The van der Waals surface area contributed by atoms with Crippen LogP contribution in [0.1, 0.15) is 33.2 Å². The van der Waals surface area contributed by atoms with Crippen LogP contribution in [0.5, 0.6) is 0 Å². The van der Waals surface area contributed by atoms with Crippen LogP contribution in [-0.4, -0.2) is 24.7 Å². The molecule has 8 nitrogen and oxygen atoms in total. The Hall–Kier alpha value is -2.64. The summed E-state index contributed by atoms with van der Waals surface area (Å²) in [6.07, 6.45) is 3.90. The molecule has 0 radical (unpaired) electrons. The van der Waals surface area contributed by atoms with Crippen molar-refractivity contribution in [2.75, 3.05) is 11.5 Å². The van der Waals surface area contributed by atoms with Crippen LogP contribution < -0.4 is 11.5 Å². The number of oxazole rings is 1. The zero-order chi connectivity index (χ0) is 15.9. The van der Waals surface area contributed by atoms with Gasteiger partial charge < -0.3 is 15.9 Å². The van der Waals surface area contributed by atoms with Crippen LogP contribution >= 0.6 is 0 Å². The highest BCUT2D eigenvalue weighted by Gasteiger charge is 2.22. The van der Waals surface area contributed by atoms with E-state index in [1.807, 2.05) is 4.68 Å². The third-order valence-electron chi connectivity index (χ3n) is 3.49. The largest absolute Gasteiger partial charge is 0.442 e. The maximum Gasteiger partial charge on any atom is 0.224 e. The molecular formula is C14H19N7O. The van der Waals surface area contributed by atoms with Gasteiger partial charge in [-0.15, -0.1) is 0 Å². The van der Waals surface area contributed by atoms with E-state index in [-0.39, 0.29) is 17.8 Å². The van der Waals surface area contributed by atoms with Crippen LogP contribution in [0, 0.1) is 5.92 Å².